The maximum Gasteiger partial charge on any atom is 0.256 e. The molecule has 160 valence electrons. The van der Waals surface area contributed by atoms with E-state index in [1.807, 2.05) is 57.5 Å². The van der Waals surface area contributed by atoms with Crippen molar-refractivity contribution in [1.29, 1.82) is 0 Å². The van der Waals surface area contributed by atoms with Gasteiger partial charge in [-0.3, -0.25) is 4.79 Å². The number of hydrogen-bond acceptors (Lipinski definition) is 5. The molecule has 0 saturated heterocycles. The molecule has 0 amide bonds. The predicted molar refractivity (Wildman–Crippen MR) is 113 cm³/mol. The molecule has 1 N–H and O–H groups in total. The molecule has 2 aromatic carbocycles. The SMILES string of the molecule is C[N+](C)(C)CC(O)CC(=O)[O-].Cl.O=C(Cl)c1ccccc1OCc1ccccc1. The van der Waals surface area contributed by atoms with E-state index in [2.05, 4.69) is 0 Å². The summed E-state index contributed by atoms with van der Waals surface area (Å²) in [6.07, 6.45) is -1.09. The first-order valence-electron chi connectivity index (χ1n) is 8.72. The normalized spacial score (nSPS) is 11.3. The first-order valence-corrected chi connectivity index (χ1v) is 9.10. The Morgan fingerprint density at radius 1 is 1.07 bits per heavy atom. The minimum atomic E-state index is -1.20. The average molecular weight is 444 g/mol. The molecule has 0 fully saturated rings. The standard InChI is InChI=1S/C14H11ClO2.C7H15NO3.ClH/c15-14(16)12-8-4-5-9-13(12)17-10-11-6-2-1-3-7-11;1-8(2,3)5-6(9)4-7(10)11;/h1-9H,10H2;6,9H,4-5H2,1-3H3;1H. The lowest BCUT2D eigenvalue weighted by atomic mass is 10.2. The van der Waals surface area contributed by atoms with Crippen LogP contribution in [0.1, 0.15) is 22.3 Å². The average Bonchev–Trinajstić information content (AvgIpc) is 2.59. The number of carbonyl (C=O) groups excluding carboxylic acids is 2. The molecule has 2 aromatic rings. The highest BCUT2D eigenvalue weighted by Crippen LogP contribution is 2.21. The summed E-state index contributed by atoms with van der Waals surface area (Å²) in [5, 5.41) is 18.6. The molecule has 0 heterocycles. The minimum absolute atomic E-state index is 0. The number of likely N-dealkylation sites (N-methyl/N-ethyl adjacent to an activating group) is 1. The molecule has 2 rings (SSSR count). The van der Waals surface area contributed by atoms with Gasteiger partial charge in [0.2, 0.25) is 0 Å². The quantitative estimate of drug-likeness (QED) is 0.499. The number of aliphatic hydroxyl groups is 1. The van der Waals surface area contributed by atoms with Gasteiger partial charge < -0.3 is 24.2 Å². The molecule has 0 aromatic heterocycles. The van der Waals surface area contributed by atoms with Crippen molar-refractivity contribution >= 4 is 35.2 Å². The monoisotopic (exact) mass is 443 g/mol. The summed E-state index contributed by atoms with van der Waals surface area (Å²) in [5.41, 5.74) is 1.44. The number of hydrogen-bond donors (Lipinski definition) is 1. The van der Waals surface area contributed by atoms with Crippen LogP contribution in [0.4, 0.5) is 0 Å². The van der Waals surface area contributed by atoms with E-state index < -0.39 is 17.3 Å². The topological polar surface area (TPSA) is 86.7 Å². The summed E-state index contributed by atoms with van der Waals surface area (Å²) in [6.45, 7) is 0.843. The van der Waals surface area contributed by atoms with Crippen molar-refractivity contribution in [3.05, 3.63) is 65.7 Å². The molecule has 0 saturated carbocycles. The van der Waals surface area contributed by atoms with Crippen LogP contribution in [0.25, 0.3) is 0 Å². The molecule has 8 heteroatoms. The molecule has 29 heavy (non-hydrogen) atoms. The Bertz CT molecular complexity index is 763. The number of carboxylic acid groups (broad SMARTS) is 1. The van der Waals surface area contributed by atoms with E-state index in [4.69, 9.17) is 21.4 Å². The van der Waals surface area contributed by atoms with E-state index in [0.29, 0.717) is 28.9 Å². The summed E-state index contributed by atoms with van der Waals surface area (Å²) in [6, 6.07) is 16.7. The van der Waals surface area contributed by atoms with E-state index in [1.54, 1.807) is 18.2 Å². The van der Waals surface area contributed by atoms with E-state index in [1.165, 1.54) is 0 Å². The molecule has 0 bridgehead atoms. The van der Waals surface area contributed by atoms with Gasteiger partial charge in [-0.05, 0) is 29.3 Å². The minimum Gasteiger partial charge on any atom is -0.550 e. The fourth-order valence-electron chi connectivity index (χ4n) is 2.38. The summed E-state index contributed by atoms with van der Waals surface area (Å²) >= 11 is 5.47. The number of ether oxygens (including phenoxy) is 1. The van der Waals surface area contributed by atoms with Gasteiger partial charge in [0.25, 0.3) is 5.24 Å². The van der Waals surface area contributed by atoms with Crippen LogP contribution in [0.2, 0.25) is 0 Å². The number of carboxylic acids is 1. The van der Waals surface area contributed by atoms with Crippen molar-refractivity contribution in [1.82, 2.24) is 0 Å². The van der Waals surface area contributed by atoms with Crippen LogP contribution in [0.3, 0.4) is 0 Å². The lowest BCUT2D eigenvalue weighted by Gasteiger charge is -2.26. The zero-order valence-corrected chi connectivity index (χ0v) is 18.3. The third kappa shape index (κ3) is 12.1. The zero-order chi connectivity index (χ0) is 21.2. The number of para-hydroxylation sites is 1. The first-order chi connectivity index (χ1) is 13.1. The van der Waals surface area contributed by atoms with Gasteiger partial charge in [0, 0.05) is 12.4 Å². The Hall–Kier alpha value is -2.12. The van der Waals surface area contributed by atoms with Crippen molar-refractivity contribution in [2.75, 3.05) is 27.7 Å². The van der Waals surface area contributed by atoms with Gasteiger partial charge in [0.1, 0.15) is 25.0 Å². The predicted octanol–water partition coefficient (Wildman–Crippen LogP) is 2.26. The smallest absolute Gasteiger partial charge is 0.256 e. The highest BCUT2D eigenvalue weighted by molar-refractivity contribution is 6.68. The zero-order valence-electron chi connectivity index (χ0n) is 16.7. The van der Waals surface area contributed by atoms with Gasteiger partial charge >= 0.3 is 0 Å². The summed E-state index contributed by atoms with van der Waals surface area (Å²) in [7, 11) is 5.66. The number of nitrogens with zero attached hydrogens (tertiary/aromatic N) is 1. The Labute approximate surface area is 182 Å². The van der Waals surface area contributed by atoms with Gasteiger partial charge in [-0.15, -0.1) is 12.4 Å². The second-order valence-corrected chi connectivity index (χ2v) is 7.59. The molecule has 6 nitrogen and oxygen atoms in total. The van der Waals surface area contributed by atoms with Crippen LogP contribution in [-0.4, -0.2) is 54.6 Å². The van der Waals surface area contributed by atoms with E-state index >= 15 is 0 Å². The van der Waals surface area contributed by atoms with E-state index in [9.17, 15) is 14.7 Å². The number of aliphatic carboxylic acids is 1. The second kappa shape index (κ2) is 13.2. The molecule has 0 spiro atoms. The molecule has 0 aliphatic rings. The number of carbonyl (C=O) groups is 2. The van der Waals surface area contributed by atoms with Crippen molar-refractivity contribution in [2.45, 2.75) is 19.1 Å². The summed E-state index contributed by atoms with van der Waals surface area (Å²) in [5.74, 6) is -0.692. The van der Waals surface area contributed by atoms with Gasteiger partial charge in [0.05, 0.1) is 26.7 Å². The highest BCUT2D eigenvalue weighted by atomic mass is 35.5. The molecule has 0 aliphatic carbocycles. The number of quaternary nitrogens is 1. The van der Waals surface area contributed by atoms with Crippen LogP contribution >= 0.6 is 24.0 Å². The number of aliphatic hydroxyl groups excluding tert-OH is 1. The van der Waals surface area contributed by atoms with Gasteiger partial charge in [-0.1, -0.05) is 42.5 Å². The number of halogens is 2. The van der Waals surface area contributed by atoms with Crippen LogP contribution in [0.15, 0.2) is 54.6 Å². The Morgan fingerprint density at radius 3 is 2.14 bits per heavy atom. The summed E-state index contributed by atoms with van der Waals surface area (Å²) in [4.78, 5) is 21.2. The van der Waals surface area contributed by atoms with Crippen molar-refractivity contribution in [2.24, 2.45) is 0 Å². The summed E-state index contributed by atoms with van der Waals surface area (Å²) < 4.78 is 6.13. The maximum atomic E-state index is 11.2. The number of rotatable bonds is 8. The van der Waals surface area contributed by atoms with Crippen LogP contribution in [0, 0.1) is 0 Å². The molecular weight excluding hydrogens is 417 g/mol. The lowest BCUT2D eigenvalue weighted by Crippen LogP contribution is -2.43. The van der Waals surface area contributed by atoms with Crippen LogP contribution in [0.5, 0.6) is 5.75 Å². The first kappa shape index (κ1) is 26.9. The largest absolute Gasteiger partial charge is 0.550 e. The third-order valence-corrected chi connectivity index (χ3v) is 3.70. The van der Waals surface area contributed by atoms with E-state index in [0.717, 1.165) is 5.56 Å². The molecule has 1 atom stereocenters. The fourth-order valence-corrected chi connectivity index (χ4v) is 2.54. The Kier molecular flexibility index (Phi) is 12.2. The lowest BCUT2D eigenvalue weighted by molar-refractivity contribution is -0.873. The fraction of sp³-hybridized carbons (Fsp3) is 0.333. The van der Waals surface area contributed by atoms with Crippen molar-refractivity contribution in [3.8, 4) is 5.75 Å². The highest BCUT2D eigenvalue weighted by Gasteiger charge is 2.14. The van der Waals surface area contributed by atoms with Crippen molar-refractivity contribution < 1.29 is 29.0 Å². The molecular formula is C21H27Cl2NO5. The van der Waals surface area contributed by atoms with Gasteiger partial charge in [-0.25, -0.2) is 0 Å². The van der Waals surface area contributed by atoms with Gasteiger partial charge in [-0.2, -0.15) is 0 Å². The number of benzene rings is 2. The molecule has 0 aliphatic heterocycles. The van der Waals surface area contributed by atoms with Gasteiger partial charge in [0.15, 0.2) is 0 Å². The Morgan fingerprint density at radius 2 is 1.62 bits per heavy atom. The molecule has 0 radical (unpaired) electrons. The second-order valence-electron chi connectivity index (χ2n) is 7.25. The Balaban J connectivity index is 0.000000576. The third-order valence-electron chi connectivity index (χ3n) is 3.50. The van der Waals surface area contributed by atoms with Crippen molar-refractivity contribution in [3.63, 3.8) is 0 Å². The molecule has 1 unspecified atom stereocenters. The van der Waals surface area contributed by atoms with Crippen LogP contribution < -0.4 is 9.84 Å². The van der Waals surface area contributed by atoms with Crippen LogP contribution in [-0.2, 0) is 11.4 Å². The maximum absolute atomic E-state index is 11.2. The van der Waals surface area contributed by atoms with E-state index in [-0.39, 0.29) is 18.8 Å².